The molecule has 7 nitrogen and oxygen atoms in total. The van der Waals surface area contributed by atoms with Gasteiger partial charge in [0.15, 0.2) is 0 Å². The molecule has 3 rings (SSSR count). The minimum absolute atomic E-state index is 0.0371. The van der Waals surface area contributed by atoms with E-state index in [0.717, 1.165) is 27.9 Å². The Morgan fingerprint density at radius 2 is 1.76 bits per heavy atom. The lowest BCUT2D eigenvalue weighted by Gasteiger charge is -2.45. The Labute approximate surface area is 202 Å². The summed E-state index contributed by atoms with van der Waals surface area (Å²) in [5.41, 5.74) is 4.14. The topological polar surface area (TPSA) is 89.9 Å². The van der Waals surface area contributed by atoms with E-state index in [2.05, 4.69) is 35.6 Å². The predicted molar refractivity (Wildman–Crippen MR) is 136 cm³/mol. The number of amides is 2. The third-order valence-electron chi connectivity index (χ3n) is 7.12. The Bertz CT molecular complexity index is 1040. The van der Waals surface area contributed by atoms with Crippen LogP contribution in [0.2, 0.25) is 0 Å². The maximum absolute atomic E-state index is 12.7. The summed E-state index contributed by atoms with van der Waals surface area (Å²) < 4.78 is 0.162. The third kappa shape index (κ3) is 5.17. The summed E-state index contributed by atoms with van der Waals surface area (Å²) in [6, 6.07) is 13.9. The van der Waals surface area contributed by atoms with Gasteiger partial charge in [-0.1, -0.05) is 24.3 Å². The fraction of sp³-hybridized carbons (Fsp3) is 0.481. The molecule has 0 saturated carbocycles. The highest BCUT2D eigenvalue weighted by Gasteiger charge is 2.47. The monoisotopic (exact) mass is 468 g/mol. The van der Waals surface area contributed by atoms with Gasteiger partial charge in [0, 0.05) is 37.7 Å². The van der Waals surface area contributed by atoms with Crippen molar-refractivity contribution in [1.29, 1.82) is 0 Å². The number of hydrogen-bond acceptors (Lipinski definition) is 4. The molecule has 34 heavy (non-hydrogen) atoms. The molecule has 3 N–H and O–H groups in total. The number of nitrogens with one attached hydrogen (secondary N) is 1. The van der Waals surface area contributed by atoms with E-state index >= 15 is 0 Å². The molecular weight excluding hydrogens is 430 g/mol. The molecule has 0 radical (unpaired) electrons. The number of carbonyl (C=O) groups excluding carboxylic acids is 1. The van der Waals surface area contributed by atoms with Gasteiger partial charge in [-0.25, -0.2) is 14.1 Å². The minimum Gasteiger partial charge on any atom is -0.465 e. The number of nitrogens with zero attached hydrogens (tertiary/aromatic N) is 2. The summed E-state index contributed by atoms with van der Waals surface area (Å²) in [4.78, 5) is 26.2. The number of rotatable bonds is 7. The van der Waals surface area contributed by atoms with E-state index in [0.29, 0.717) is 26.1 Å². The number of carboxylic acid groups (broad SMARTS) is 1. The van der Waals surface area contributed by atoms with E-state index in [9.17, 15) is 19.8 Å². The highest BCUT2D eigenvalue weighted by atomic mass is 16.4. The molecule has 184 valence electrons. The molecule has 1 heterocycles. The molecule has 0 aromatic heterocycles. The lowest BCUT2D eigenvalue weighted by Crippen LogP contribution is -2.60. The number of fused-ring (bicyclic) bond motifs is 1. The quantitative estimate of drug-likeness (QED) is 0.520. The van der Waals surface area contributed by atoms with Crippen LogP contribution in [0.1, 0.15) is 58.2 Å². The Kier molecular flexibility index (Phi) is 7.50. The van der Waals surface area contributed by atoms with Crippen molar-refractivity contribution in [2.45, 2.75) is 65.3 Å². The molecule has 1 aliphatic rings. The van der Waals surface area contributed by atoms with Crippen molar-refractivity contribution in [1.82, 2.24) is 14.7 Å². The summed E-state index contributed by atoms with van der Waals surface area (Å²) in [7, 11) is 1.92. The van der Waals surface area contributed by atoms with Crippen LogP contribution in [0.4, 0.5) is 10.5 Å². The van der Waals surface area contributed by atoms with Gasteiger partial charge < -0.3 is 20.4 Å². The van der Waals surface area contributed by atoms with E-state index in [-0.39, 0.29) is 22.5 Å². The van der Waals surface area contributed by atoms with Crippen LogP contribution in [-0.2, 0) is 11.3 Å². The van der Waals surface area contributed by atoms with E-state index in [1.54, 1.807) is 20.8 Å². The van der Waals surface area contributed by atoms with E-state index < -0.39 is 11.7 Å². The fourth-order valence-corrected chi connectivity index (χ4v) is 4.91. The molecule has 0 saturated heterocycles. The zero-order valence-electron chi connectivity index (χ0n) is 21.1. The normalized spacial score (nSPS) is 22.2. The first-order valence-electron chi connectivity index (χ1n) is 11.9. The SMILES string of the molecule is CCN(C(=O)O)C1C[C@H](C)[N@+](C)(C(C)=O)c2ccc(-c3ccc(CNCC(C)(C)O)cc3)cc21. The Morgan fingerprint density at radius 1 is 1.15 bits per heavy atom. The van der Waals surface area contributed by atoms with Gasteiger partial charge in [-0.05, 0) is 56.5 Å². The lowest BCUT2D eigenvalue weighted by atomic mass is 9.86. The van der Waals surface area contributed by atoms with Gasteiger partial charge in [-0.2, -0.15) is 0 Å². The number of quaternary nitrogens is 1. The average molecular weight is 469 g/mol. The molecule has 7 heteroatoms. The number of carbonyl (C=O) groups is 2. The van der Waals surface area contributed by atoms with E-state index in [1.165, 1.54) is 4.90 Å². The lowest BCUT2D eigenvalue weighted by molar-refractivity contribution is -0.129. The summed E-state index contributed by atoms with van der Waals surface area (Å²) in [6.07, 6.45) is -0.365. The first-order chi connectivity index (χ1) is 15.9. The van der Waals surface area contributed by atoms with Crippen molar-refractivity contribution in [2.75, 3.05) is 20.1 Å². The molecule has 2 aromatic carbocycles. The van der Waals surface area contributed by atoms with Crippen molar-refractivity contribution >= 4 is 17.7 Å². The third-order valence-corrected chi connectivity index (χ3v) is 7.12. The second kappa shape index (κ2) is 9.86. The van der Waals surface area contributed by atoms with Crippen LogP contribution >= 0.6 is 0 Å². The second-order valence-electron chi connectivity index (χ2n) is 10.2. The molecule has 1 aliphatic heterocycles. The second-order valence-corrected chi connectivity index (χ2v) is 10.2. The van der Waals surface area contributed by atoms with Gasteiger partial charge in [0.2, 0.25) is 0 Å². The molecule has 3 atom stereocenters. The molecule has 2 amide bonds. The summed E-state index contributed by atoms with van der Waals surface area (Å²) >= 11 is 0. The molecule has 2 aromatic rings. The standard InChI is InChI=1S/C27H37N3O4/c1-7-29(26(32)33)24-14-18(2)30(6,19(3)31)25-13-12-22(15-23(24)25)21-10-8-20(9-11-21)16-28-17-27(4,5)34/h8-13,15,18,24,28,34H,7,14,16-17H2,1-6H3/p+1/t18-,24?,30+/m0/s1. The van der Waals surface area contributed by atoms with Crippen molar-refractivity contribution in [3.63, 3.8) is 0 Å². The first kappa shape index (κ1) is 25.9. The van der Waals surface area contributed by atoms with Crippen molar-refractivity contribution in [2.24, 2.45) is 0 Å². The van der Waals surface area contributed by atoms with Gasteiger partial charge in [0.25, 0.3) is 0 Å². The van der Waals surface area contributed by atoms with Crippen molar-refractivity contribution in [3.05, 3.63) is 53.6 Å². The maximum Gasteiger partial charge on any atom is 0.407 e. The summed E-state index contributed by atoms with van der Waals surface area (Å²) in [5.74, 6) is 0.0428. The largest absolute Gasteiger partial charge is 0.465 e. The Hall–Kier alpha value is -2.74. The van der Waals surface area contributed by atoms with Gasteiger partial charge in [-0.15, -0.1) is 0 Å². The van der Waals surface area contributed by atoms with Crippen LogP contribution in [0.5, 0.6) is 0 Å². The highest BCUT2D eigenvalue weighted by molar-refractivity contribution is 5.89. The number of benzene rings is 2. The van der Waals surface area contributed by atoms with Crippen LogP contribution in [0.25, 0.3) is 11.1 Å². The van der Waals surface area contributed by atoms with Crippen LogP contribution in [0.3, 0.4) is 0 Å². The van der Waals surface area contributed by atoms with Gasteiger partial charge in [0.05, 0.1) is 31.7 Å². The summed E-state index contributed by atoms with van der Waals surface area (Å²) in [6.45, 7) is 10.6. The van der Waals surface area contributed by atoms with E-state index in [1.807, 2.05) is 33.0 Å². The molecule has 0 fully saturated rings. The van der Waals surface area contributed by atoms with Crippen LogP contribution < -0.4 is 9.80 Å². The van der Waals surface area contributed by atoms with Gasteiger partial charge in [0.1, 0.15) is 5.69 Å². The molecule has 0 bridgehead atoms. The summed E-state index contributed by atoms with van der Waals surface area (Å²) in [5, 5.41) is 23.0. The average Bonchev–Trinajstić information content (AvgIpc) is 2.76. The Morgan fingerprint density at radius 3 is 2.29 bits per heavy atom. The van der Waals surface area contributed by atoms with Crippen LogP contribution in [0.15, 0.2) is 42.5 Å². The van der Waals surface area contributed by atoms with E-state index in [4.69, 9.17) is 0 Å². The maximum atomic E-state index is 12.7. The highest BCUT2D eigenvalue weighted by Crippen LogP contribution is 2.45. The number of hydrogen-bond donors (Lipinski definition) is 3. The predicted octanol–water partition coefficient (Wildman–Crippen LogP) is 4.53. The first-order valence-corrected chi connectivity index (χ1v) is 11.9. The fourth-order valence-electron chi connectivity index (χ4n) is 4.91. The smallest absolute Gasteiger partial charge is 0.407 e. The van der Waals surface area contributed by atoms with Crippen molar-refractivity contribution < 1.29 is 19.8 Å². The number of aliphatic hydroxyl groups is 1. The van der Waals surface area contributed by atoms with Crippen molar-refractivity contribution in [3.8, 4) is 11.1 Å². The zero-order valence-corrected chi connectivity index (χ0v) is 21.1. The Balaban J connectivity index is 1.98. The molecule has 0 aliphatic carbocycles. The van der Waals surface area contributed by atoms with Crippen LogP contribution in [-0.4, -0.2) is 58.9 Å². The zero-order chi connectivity index (χ0) is 25.3. The molecule has 1 unspecified atom stereocenters. The minimum atomic E-state index is -0.946. The molecule has 0 spiro atoms. The van der Waals surface area contributed by atoms with Gasteiger partial charge >= 0.3 is 12.0 Å². The molecular formula is C27H38N3O4+. The van der Waals surface area contributed by atoms with Gasteiger partial charge in [-0.3, -0.25) is 0 Å². The van der Waals surface area contributed by atoms with Crippen LogP contribution in [0, 0.1) is 0 Å².